The molecule has 148 valence electrons. The minimum atomic E-state index is -2.00. The van der Waals surface area contributed by atoms with Gasteiger partial charge in [0.2, 0.25) is 3.79 Å². The third-order valence-corrected chi connectivity index (χ3v) is 4.73. The van der Waals surface area contributed by atoms with E-state index in [0.29, 0.717) is 5.69 Å². The van der Waals surface area contributed by atoms with Crippen molar-refractivity contribution in [3.63, 3.8) is 0 Å². The number of thiocarbonyl (C=S) groups is 1. The number of rotatable bonds is 5. The molecule has 0 saturated carbocycles. The maximum atomic E-state index is 12.5. The van der Waals surface area contributed by atoms with Crippen molar-refractivity contribution < 1.29 is 9.72 Å². The zero-order valence-corrected chi connectivity index (χ0v) is 18.5. The SMILES string of the molecule is O=C(N[C@H](NC(=S)Nc1ccc(Br)cc1)C(Cl)(Cl)Cl)c1ccccc1[N+](=O)[O-]. The Morgan fingerprint density at radius 1 is 1.11 bits per heavy atom. The van der Waals surface area contributed by atoms with Crippen LogP contribution in [-0.2, 0) is 0 Å². The van der Waals surface area contributed by atoms with E-state index in [1.807, 2.05) is 0 Å². The zero-order chi connectivity index (χ0) is 20.9. The van der Waals surface area contributed by atoms with Gasteiger partial charge in [-0.15, -0.1) is 0 Å². The second-order valence-corrected chi connectivity index (χ2v) is 9.02. The molecule has 2 rings (SSSR count). The van der Waals surface area contributed by atoms with Crippen molar-refractivity contribution in [3.8, 4) is 0 Å². The van der Waals surface area contributed by atoms with Gasteiger partial charge in [-0.1, -0.05) is 62.9 Å². The zero-order valence-electron chi connectivity index (χ0n) is 13.8. The van der Waals surface area contributed by atoms with Crippen molar-refractivity contribution in [3.05, 3.63) is 68.7 Å². The molecule has 0 aliphatic heterocycles. The van der Waals surface area contributed by atoms with Crippen LogP contribution in [0.1, 0.15) is 10.4 Å². The van der Waals surface area contributed by atoms with Crippen LogP contribution in [0.2, 0.25) is 0 Å². The highest BCUT2D eigenvalue weighted by Gasteiger charge is 2.36. The standard InChI is InChI=1S/C16H12BrCl3N4O3S/c17-9-5-7-10(8-6-9)21-15(28)23-14(16(18,19)20)22-13(25)11-3-1-2-4-12(11)24(26)27/h1-8,14H,(H,22,25)(H2,21,23,28)/t14-/m1/s1. The molecule has 0 aliphatic rings. The molecule has 0 unspecified atom stereocenters. The number of anilines is 1. The lowest BCUT2D eigenvalue weighted by molar-refractivity contribution is -0.385. The number of nitro groups is 1. The molecule has 0 saturated heterocycles. The molecule has 2 aromatic rings. The maximum Gasteiger partial charge on any atom is 0.282 e. The Labute approximate surface area is 189 Å². The highest BCUT2D eigenvalue weighted by Crippen LogP contribution is 2.30. The lowest BCUT2D eigenvalue weighted by Gasteiger charge is -2.27. The second-order valence-electron chi connectivity index (χ2n) is 5.33. The van der Waals surface area contributed by atoms with E-state index in [-0.39, 0.29) is 16.4 Å². The number of nitrogens with zero attached hydrogens (tertiary/aromatic N) is 1. The van der Waals surface area contributed by atoms with E-state index in [1.165, 1.54) is 24.3 Å². The Bertz CT molecular complexity index is 893. The molecule has 0 aliphatic carbocycles. The van der Waals surface area contributed by atoms with Gasteiger partial charge < -0.3 is 16.0 Å². The lowest BCUT2D eigenvalue weighted by Crippen LogP contribution is -2.56. The Balaban J connectivity index is 2.14. The molecule has 1 atom stereocenters. The van der Waals surface area contributed by atoms with Gasteiger partial charge in [0.1, 0.15) is 11.7 Å². The first-order valence-electron chi connectivity index (χ1n) is 7.52. The van der Waals surface area contributed by atoms with Crippen LogP contribution in [0.3, 0.4) is 0 Å². The number of benzene rings is 2. The summed E-state index contributed by atoms with van der Waals surface area (Å²) in [4.78, 5) is 22.9. The number of amides is 1. The Morgan fingerprint density at radius 3 is 2.29 bits per heavy atom. The van der Waals surface area contributed by atoms with Crippen molar-refractivity contribution in [2.75, 3.05) is 5.32 Å². The van der Waals surface area contributed by atoms with Gasteiger partial charge >= 0.3 is 0 Å². The minimum absolute atomic E-state index is 0.0708. The van der Waals surface area contributed by atoms with E-state index in [0.717, 1.165) is 4.47 Å². The fourth-order valence-electron chi connectivity index (χ4n) is 2.06. The minimum Gasteiger partial charge on any atom is -0.339 e. The average Bonchev–Trinajstić information content (AvgIpc) is 2.62. The fourth-order valence-corrected chi connectivity index (χ4v) is 2.89. The molecule has 0 bridgehead atoms. The van der Waals surface area contributed by atoms with E-state index < -0.39 is 20.8 Å². The second kappa shape index (κ2) is 9.71. The molecule has 2 aromatic carbocycles. The molecule has 12 heteroatoms. The normalized spacial score (nSPS) is 12.0. The van der Waals surface area contributed by atoms with E-state index >= 15 is 0 Å². The van der Waals surface area contributed by atoms with Crippen LogP contribution in [0, 0.1) is 10.1 Å². The van der Waals surface area contributed by atoms with Gasteiger partial charge in [0, 0.05) is 16.2 Å². The Hall–Kier alpha value is -1.65. The molecule has 0 aromatic heterocycles. The monoisotopic (exact) mass is 524 g/mol. The first kappa shape index (κ1) is 22.6. The summed E-state index contributed by atoms with van der Waals surface area (Å²) in [5.74, 6) is -0.803. The number of hydrogen-bond donors (Lipinski definition) is 3. The van der Waals surface area contributed by atoms with Crippen molar-refractivity contribution in [2.45, 2.75) is 9.96 Å². The van der Waals surface area contributed by atoms with Crippen molar-refractivity contribution in [2.24, 2.45) is 0 Å². The summed E-state index contributed by atoms with van der Waals surface area (Å²) in [5.41, 5.74) is 0.104. The number of carbonyl (C=O) groups is 1. The highest BCUT2D eigenvalue weighted by atomic mass is 79.9. The fraction of sp³-hybridized carbons (Fsp3) is 0.125. The van der Waals surface area contributed by atoms with Crippen LogP contribution in [-0.4, -0.2) is 25.9 Å². The van der Waals surface area contributed by atoms with Gasteiger partial charge in [0.15, 0.2) is 5.11 Å². The summed E-state index contributed by atoms with van der Waals surface area (Å²) in [6.45, 7) is 0. The van der Waals surface area contributed by atoms with Gasteiger partial charge in [-0.2, -0.15) is 0 Å². The third kappa shape index (κ3) is 6.46. The van der Waals surface area contributed by atoms with Gasteiger partial charge in [-0.3, -0.25) is 14.9 Å². The summed E-state index contributed by atoms with van der Waals surface area (Å²) in [7, 11) is 0. The molecule has 0 fully saturated rings. The van der Waals surface area contributed by atoms with Crippen molar-refractivity contribution >= 4 is 85.3 Å². The lowest BCUT2D eigenvalue weighted by atomic mass is 10.1. The van der Waals surface area contributed by atoms with Crippen LogP contribution in [0.15, 0.2) is 53.0 Å². The average molecular weight is 527 g/mol. The molecule has 28 heavy (non-hydrogen) atoms. The van der Waals surface area contributed by atoms with E-state index in [2.05, 4.69) is 31.9 Å². The van der Waals surface area contributed by atoms with Gasteiger partial charge in [-0.25, -0.2) is 0 Å². The molecule has 0 heterocycles. The number of para-hydroxylation sites is 1. The summed E-state index contributed by atoms with van der Waals surface area (Å²) >= 11 is 26.3. The summed E-state index contributed by atoms with van der Waals surface area (Å²) in [6.07, 6.45) is -1.26. The molecule has 3 N–H and O–H groups in total. The first-order chi connectivity index (χ1) is 13.1. The van der Waals surface area contributed by atoms with Gasteiger partial charge in [-0.05, 0) is 42.5 Å². The predicted molar refractivity (Wildman–Crippen MR) is 118 cm³/mol. The molecule has 0 radical (unpaired) electrons. The summed E-state index contributed by atoms with van der Waals surface area (Å²) in [5, 5.41) is 19.2. The van der Waals surface area contributed by atoms with Gasteiger partial charge in [0.25, 0.3) is 11.6 Å². The van der Waals surface area contributed by atoms with Crippen LogP contribution in [0.25, 0.3) is 0 Å². The van der Waals surface area contributed by atoms with Crippen molar-refractivity contribution in [1.82, 2.24) is 10.6 Å². The topological polar surface area (TPSA) is 96.3 Å². The third-order valence-electron chi connectivity index (χ3n) is 3.33. The quantitative estimate of drug-likeness (QED) is 0.171. The number of alkyl halides is 3. The van der Waals surface area contributed by atoms with Crippen LogP contribution in [0.5, 0.6) is 0 Å². The van der Waals surface area contributed by atoms with E-state index in [9.17, 15) is 14.9 Å². The molecular weight excluding hydrogens is 515 g/mol. The van der Waals surface area contributed by atoms with Crippen LogP contribution < -0.4 is 16.0 Å². The van der Waals surface area contributed by atoms with Gasteiger partial charge in [0.05, 0.1) is 4.92 Å². The first-order valence-corrected chi connectivity index (χ1v) is 9.85. The Morgan fingerprint density at radius 2 is 1.71 bits per heavy atom. The predicted octanol–water partition coefficient (Wildman–Crippen LogP) is 4.77. The molecule has 0 spiro atoms. The number of nitrogens with one attached hydrogen (secondary N) is 3. The summed E-state index contributed by atoms with van der Waals surface area (Å²) < 4.78 is -1.11. The van der Waals surface area contributed by atoms with Crippen LogP contribution in [0.4, 0.5) is 11.4 Å². The van der Waals surface area contributed by atoms with Crippen molar-refractivity contribution in [1.29, 1.82) is 0 Å². The smallest absolute Gasteiger partial charge is 0.282 e. The maximum absolute atomic E-state index is 12.5. The van der Waals surface area contributed by atoms with E-state index in [1.54, 1.807) is 24.3 Å². The van der Waals surface area contributed by atoms with Crippen LogP contribution >= 0.6 is 63.0 Å². The molecule has 1 amide bonds. The number of halogens is 4. The Kier molecular flexibility index (Phi) is 7.85. The van der Waals surface area contributed by atoms with E-state index in [4.69, 9.17) is 47.0 Å². The summed E-state index contributed by atoms with van der Waals surface area (Å²) in [6, 6.07) is 12.5. The highest BCUT2D eigenvalue weighted by molar-refractivity contribution is 9.10. The number of carbonyl (C=O) groups excluding carboxylic acids is 1. The number of hydrogen-bond acceptors (Lipinski definition) is 4. The molecule has 7 nitrogen and oxygen atoms in total. The largest absolute Gasteiger partial charge is 0.339 e. The molecular formula is C16H12BrCl3N4O3S. The number of nitro benzene ring substituents is 1.